The van der Waals surface area contributed by atoms with Crippen LogP contribution in [-0.4, -0.2) is 16.1 Å². The predicted octanol–water partition coefficient (Wildman–Crippen LogP) is 6.95. The molecule has 0 fully saturated rings. The Morgan fingerprint density at radius 2 is 1.67 bits per heavy atom. The van der Waals surface area contributed by atoms with E-state index in [1.807, 2.05) is 19.1 Å². The molecule has 1 aromatic heterocycles. The van der Waals surface area contributed by atoms with E-state index >= 15 is 0 Å². The smallest absolute Gasteiger partial charge is 0.416 e. The average Bonchev–Trinajstić information content (AvgIpc) is 3.26. The lowest BCUT2D eigenvalue weighted by atomic mass is 9.98. The van der Waals surface area contributed by atoms with Gasteiger partial charge in [0.25, 0.3) is 0 Å². The molecule has 5 nitrogen and oxygen atoms in total. The second kappa shape index (κ2) is 8.86. The molecule has 4 aromatic rings. The lowest BCUT2D eigenvalue weighted by Crippen LogP contribution is -2.18. The number of rotatable bonds is 5. The monoisotopic (exact) mass is 491 g/mol. The van der Waals surface area contributed by atoms with Gasteiger partial charge in [-0.15, -0.1) is 0 Å². The Balaban J connectivity index is 1.62. The molecule has 0 saturated carbocycles. The molecular formula is C28H24F3N3O2. The number of benzene rings is 3. The second-order valence-electron chi connectivity index (χ2n) is 9.11. The van der Waals surface area contributed by atoms with E-state index in [-0.39, 0.29) is 5.56 Å². The summed E-state index contributed by atoms with van der Waals surface area (Å²) in [6, 6.07) is 17.8. The summed E-state index contributed by atoms with van der Waals surface area (Å²) in [5, 5.41) is 13.0. The number of carboxylic acid groups (broad SMARTS) is 1. The lowest BCUT2D eigenvalue weighted by molar-refractivity contribution is -0.137. The van der Waals surface area contributed by atoms with Crippen LogP contribution in [0.25, 0.3) is 10.9 Å². The van der Waals surface area contributed by atoms with Crippen molar-refractivity contribution in [2.24, 2.45) is 0 Å². The molecule has 5 rings (SSSR count). The third-order valence-corrected chi connectivity index (χ3v) is 6.57. The first kappa shape index (κ1) is 23.7. The number of fused-ring (bicyclic) bond motifs is 2. The summed E-state index contributed by atoms with van der Waals surface area (Å²) in [5.41, 5.74) is 3.58. The maximum atomic E-state index is 13.8. The Bertz CT molecular complexity index is 1460. The number of halogens is 3. The zero-order valence-electron chi connectivity index (χ0n) is 19.7. The van der Waals surface area contributed by atoms with Crippen LogP contribution < -0.4 is 10.2 Å². The Kier molecular flexibility index (Phi) is 5.82. The molecule has 0 aliphatic carbocycles. The third-order valence-electron chi connectivity index (χ3n) is 6.57. The Morgan fingerprint density at radius 1 is 1.03 bits per heavy atom. The molecule has 3 aromatic carbocycles. The fourth-order valence-electron chi connectivity index (χ4n) is 4.81. The van der Waals surface area contributed by atoms with E-state index < -0.39 is 23.8 Å². The number of para-hydroxylation sites is 1. The van der Waals surface area contributed by atoms with Crippen LogP contribution in [0.4, 0.5) is 24.7 Å². The number of carboxylic acids is 1. The van der Waals surface area contributed by atoms with E-state index in [2.05, 4.69) is 22.3 Å². The summed E-state index contributed by atoms with van der Waals surface area (Å²) in [7, 11) is 0. The summed E-state index contributed by atoms with van der Waals surface area (Å²) in [5.74, 6) is -0.401. The number of aryl methyl sites for hydroxylation is 1. The number of hydrogen-bond acceptors (Lipinski definition) is 4. The Hall–Kier alpha value is -4.07. The van der Waals surface area contributed by atoms with Crippen LogP contribution in [0.5, 0.6) is 0 Å². The predicted molar refractivity (Wildman–Crippen MR) is 133 cm³/mol. The van der Waals surface area contributed by atoms with Gasteiger partial charge in [-0.25, -0.2) is 9.78 Å². The number of carbonyl (C=O) groups is 1. The number of hydrogen-bond donors (Lipinski definition) is 2. The highest BCUT2D eigenvalue weighted by atomic mass is 19.4. The summed E-state index contributed by atoms with van der Waals surface area (Å²) in [6.07, 6.45) is -4.54. The minimum atomic E-state index is -4.54. The second-order valence-corrected chi connectivity index (χ2v) is 9.11. The maximum Gasteiger partial charge on any atom is 0.416 e. The molecule has 8 heteroatoms. The first-order chi connectivity index (χ1) is 17.1. The normalized spacial score (nSPS) is 14.1. The van der Waals surface area contributed by atoms with Crippen LogP contribution in [0, 0.1) is 6.92 Å². The highest BCUT2D eigenvalue weighted by Gasteiger charge is 2.33. The zero-order valence-corrected chi connectivity index (χ0v) is 19.7. The lowest BCUT2D eigenvalue weighted by Gasteiger charge is -2.23. The number of pyridine rings is 1. The van der Waals surface area contributed by atoms with Crippen molar-refractivity contribution in [3.05, 3.63) is 100 Å². The summed E-state index contributed by atoms with van der Waals surface area (Å²) in [6.45, 7) is 4.91. The molecular weight excluding hydrogens is 467 g/mol. The molecule has 2 N–H and O–H groups in total. The minimum Gasteiger partial charge on any atom is -0.478 e. The van der Waals surface area contributed by atoms with Gasteiger partial charge in [0.2, 0.25) is 0 Å². The van der Waals surface area contributed by atoms with Crippen LogP contribution in [-0.2, 0) is 19.3 Å². The minimum absolute atomic E-state index is 0.0416. The van der Waals surface area contributed by atoms with Gasteiger partial charge in [0.15, 0.2) is 0 Å². The van der Waals surface area contributed by atoms with Gasteiger partial charge < -0.3 is 15.3 Å². The topological polar surface area (TPSA) is 65.5 Å². The SMILES string of the molecule is Cc1cc2cc(C(F)(F)F)cc([C@H](C)Nc3ccccc3C(=O)O)c2nc1N1Cc2ccccc2C1. The number of aromatic nitrogens is 1. The number of alkyl halides is 3. The molecule has 0 bridgehead atoms. The first-order valence-electron chi connectivity index (χ1n) is 11.5. The van der Waals surface area contributed by atoms with Crippen molar-refractivity contribution >= 4 is 28.4 Å². The van der Waals surface area contributed by atoms with Gasteiger partial charge in [-0.2, -0.15) is 13.2 Å². The van der Waals surface area contributed by atoms with E-state index in [0.29, 0.717) is 35.2 Å². The van der Waals surface area contributed by atoms with Crippen molar-refractivity contribution in [1.82, 2.24) is 4.98 Å². The fourth-order valence-corrected chi connectivity index (χ4v) is 4.81. The molecule has 0 amide bonds. The van der Waals surface area contributed by atoms with Gasteiger partial charge in [-0.05, 0) is 60.9 Å². The standard InChI is InChI=1S/C28H24F3N3O2/c1-16-11-20-12-21(28(29,30)31)13-23(17(2)32-24-10-6-5-9-22(24)27(35)36)25(20)33-26(16)34-14-18-7-3-4-8-19(18)15-34/h3-13,17,32H,14-15H2,1-2H3,(H,35,36)/t17-/m0/s1. The summed E-state index contributed by atoms with van der Waals surface area (Å²) < 4.78 is 41.4. The van der Waals surface area contributed by atoms with Gasteiger partial charge in [0.05, 0.1) is 22.7 Å². The maximum absolute atomic E-state index is 13.8. The highest BCUT2D eigenvalue weighted by Crippen LogP contribution is 2.38. The molecule has 184 valence electrons. The summed E-state index contributed by atoms with van der Waals surface area (Å²) in [4.78, 5) is 18.7. The van der Waals surface area contributed by atoms with Crippen LogP contribution in [0.3, 0.4) is 0 Å². The average molecular weight is 492 g/mol. The van der Waals surface area contributed by atoms with Crippen molar-refractivity contribution in [1.29, 1.82) is 0 Å². The van der Waals surface area contributed by atoms with Gasteiger partial charge in [0, 0.05) is 29.7 Å². The summed E-state index contributed by atoms with van der Waals surface area (Å²) >= 11 is 0. The van der Waals surface area contributed by atoms with Crippen molar-refractivity contribution in [2.75, 3.05) is 10.2 Å². The quantitative estimate of drug-likeness (QED) is 0.316. The van der Waals surface area contributed by atoms with Gasteiger partial charge in [-0.1, -0.05) is 36.4 Å². The van der Waals surface area contributed by atoms with Gasteiger partial charge >= 0.3 is 12.1 Å². The number of nitrogens with one attached hydrogen (secondary N) is 1. The van der Waals surface area contributed by atoms with E-state index in [4.69, 9.17) is 4.98 Å². The fraction of sp³-hybridized carbons (Fsp3) is 0.214. The number of anilines is 2. The van der Waals surface area contributed by atoms with Crippen molar-refractivity contribution in [3.63, 3.8) is 0 Å². The molecule has 0 spiro atoms. The molecule has 2 heterocycles. The van der Waals surface area contributed by atoms with E-state index in [1.165, 1.54) is 17.2 Å². The van der Waals surface area contributed by atoms with Crippen LogP contribution in [0.1, 0.15) is 51.1 Å². The van der Waals surface area contributed by atoms with Crippen LogP contribution >= 0.6 is 0 Å². The van der Waals surface area contributed by atoms with Crippen LogP contribution in [0.2, 0.25) is 0 Å². The van der Waals surface area contributed by atoms with Gasteiger partial charge in [0.1, 0.15) is 5.82 Å². The highest BCUT2D eigenvalue weighted by molar-refractivity contribution is 5.94. The van der Waals surface area contributed by atoms with E-state index in [1.54, 1.807) is 31.2 Å². The largest absolute Gasteiger partial charge is 0.478 e. The zero-order chi connectivity index (χ0) is 25.6. The van der Waals surface area contributed by atoms with E-state index in [9.17, 15) is 23.1 Å². The molecule has 0 unspecified atom stereocenters. The van der Waals surface area contributed by atoms with Crippen molar-refractivity contribution in [2.45, 2.75) is 39.2 Å². The Morgan fingerprint density at radius 3 is 2.31 bits per heavy atom. The first-order valence-corrected chi connectivity index (χ1v) is 11.5. The molecule has 1 aliphatic rings. The Labute approximate surface area is 206 Å². The molecule has 0 radical (unpaired) electrons. The van der Waals surface area contributed by atoms with E-state index in [0.717, 1.165) is 23.5 Å². The third kappa shape index (κ3) is 4.34. The van der Waals surface area contributed by atoms with Gasteiger partial charge in [-0.3, -0.25) is 0 Å². The van der Waals surface area contributed by atoms with Crippen LogP contribution in [0.15, 0.2) is 66.7 Å². The molecule has 1 aliphatic heterocycles. The van der Waals surface area contributed by atoms with Crippen molar-refractivity contribution < 1.29 is 23.1 Å². The number of nitrogens with zero attached hydrogens (tertiary/aromatic N) is 2. The molecule has 1 atom stereocenters. The molecule has 0 saturated heterocycles. The van der Waals surface area contributed by atoms with Crippen molar-refractivity contribution in [3.8, 4) is 0 Å². The molecule has 36 heavy (non-hydrogen) atoms. The number of aromatic carboxylic acids is 1.